The molecule has 82 valence electrons. The van der Waals surface area contributed by atoms with E-state index in [1.54, 1.807) is 12.1 Å². The summed E-state index contributed by atoms with van der Waals surface area (Å²) in [5, 5.41) is 12.4. The lowest BCUT2D eigenvalue weighted by atomic mass is 10.2. The van der Waals surface area contributed by atoms with Crippen molar-refractivity contribution in [3.63, 3.8) is 0 Å². The van der Waals surface area contributed by atoms with E-state index in [2.05, 4.69) is 5.32 Å². The number of nitrogens with one attached hydrogen (secondary N) is 1. The zero-order valence-corrected chi connectivity index (χ0v) is 9.64. The van der Waals surface area contributed by atoms with Gasteiger partial charge in [0.05, 0.1) is 21.4 Å². The zero-order chi connectivity index (χ0) is 10.8. The molecule has 0 unspecified atom stereocenters. The lowest BCUT2D eigenvalue weighted by Crippen LogP contribution is -2.39. The Morgan fingerprint density at radius 1 is 1.53 bits per heavy atom. The fourth-order valence-corrected chi connectivity index (χ4v) is 2.73. The third-order valence-electron chi connectivity index (χ3n) is 2.59. The van der Waals surface area contributed by atoms with Gasteiger partial charge in [-0.05, 0) is 31.4 Å². The number of thiophene rings is 1. The van der Waals surface area contributed by atoms with E-state index in [4.69, 9.17) is 11.6 Å². The largest absolute Gasteiger partial charge is 0.391 e. The van der Waals surface area contributed by atoms with Crippen molar-refractivity contribution in [2.24, 2.45) is 0 Å². The monoisotopic (exact) mass is 245 g/mol. The summed E-state index contributed by atoms with van der Waals surface area (Å²) in [7, 11) is 0. The Hall–Kier alpha value is -0.580. The van der Waals surface area contributed by atoms with Crippen molar-refractivity contribution in [3.8, 4) is 0 Å². The highest BCUT2D eigenvalue weighted by Crippen LogP contribution is 2.23. The third-order valence-corrected chi connectivity index (χ3v) is 3.82. The number of aliphatic hydroxyl groups excluding tert-OH is 1. The molecule has 0 saturated heterocycles. The van der Waals surface area contributed by atoms with Crippen LogP contribution in [0, 0.1) is 0 Å². The first-order valence-corrected chi connectivity index (χ1v) is 6.10. The first kappa shape index (κ1) is 10.9. The Balaban J connectivity index is 1.97. The van der Waals surface area contributed by atoms with Gasteiger partial charge in [-0.3, -0.25) is 4.79 Å². The fraction of sp³-hybridized carbons (Fsp3) is 0.500. The summed E-state index contributed by atoms with van der Waals surface area (Å²) in [5.41, 5.74) is 0. The SMILES string of the molecule is O=C(N[C@H]1CCC[C@@H]1O)c1ccc(Cl)s1. The lowest BCUT2D eigenvalue weighted by Gasteiger charge is -2.15. The number of aliphatic hydroxyl groups is 1. The van der Waals surface area contributed by atoms with E-state index in [1.807, 2.05) is 0 Å². The Labute approximate surface area is 97.1 Å². The maximum absolute atomic E-state index is 11.7. The van der Waals surface area contributed by atoms with E-state index in [1.165, 1.54) is 11.3 Å². The minimum absolute atomic E-state index is 0.0987. The number of carbonyl (C=O) groups is 1. The van der Waals surface area contributed by atoms with E-state index < -0.39 is 6.10 Å². The quantitative estimate of drug-likeness (QED) is 0.838. The van der Waals surface area contributed by atoms with Crippen LogP contribution in [-0.4, -0.2) is 23.2 Å². The summed E-state index contributed by atoms with van der Waals surface area (Å²) in [6, 6.07) is 3.30. The zero-order valence-electron chi connectivity index (χ0n) is 8.07. The van der Waals surface area contributed by atoms with Gasteiger partial charge in [-0.2, -0.15) is 0 Å². The number of rotatable bonds is 2. The van der Waals surface area contributed by atoms with Gasteiger partial charge in [0.2, 0.25) is 0 Å². The second-order valence-electron chi connectivity index (χ2n) is 3.68. The number of hydrogen-bond acceptors (Lipinski definition) is 3. The first-order chi connectivity index (χ1) is 7.16. The summed E-state index contributed by atoms with van der Waals surface area (Å²) < 4.78 is 0.604. The van der Waals surface area contributed by atoms with Crippen LogP contribution in [0.2, 0.25) is 4.34 Å². The minimum Gasteiger partial charge on any atom is -0.391 e. The fourth-order valence-electron chi connectivity index (χ4n) is 1.78. The van der Waals surface area contributed by atoms with Gasteiger partial charge in [0.15, 0.2) is 0 Å². The lowest BCUT2D eigenvalue weighted by molar-refractivity contribution is 0.0877. The molecule has 0 spiro atoms. The van der Waals surface area contributed by atoms with Crippen molar-refractivity contribution < 1.29 is 9.90 Å². The van der Waals surface area contributed by atoms with Crippen LogP contribution < -0.4 is 5.32 Å². The molecule has 1 saturated carbocycles. The first-order valence-electron chi connectivity index (χ1n) is 4.91. The molecule has 0 bridgehead atoms. The number of amides is 1. The number of hydrogen-bond donors (Lipinski definition) is 2. The van der Waals surface area contributed by atoms with Crippen LogP contribution in [0.15, 0.2) is 12.1 Å². The number of carbonyl (C=O) groups excluding carboxylic acids is 1. The van der Waals surface area contributed by atoms with E-state index in [0.717, 1.165) is 19.3 Å². The summed E-state index contributed by atoms with van der Waals surface area (Å²) in [5.74, 6) is -0.141. The molecule has 2 rings (SSSR count). The van der Waals surface area contributed by atoms with Crippen LogP contribution in [0.25, 0.3) is 0 Å². The molecule has 0 aliphatic heterocycles. The van der Waals surface area contributed by atoms with Crippen LogP contribution in [-0.2, 0) is 0 Å². The van der Waals surface area contributed by atoms with Gasteiger partial charge in [0.25, 0.3) is 5.91 Å². The highest BCUT2D eigenvalue weighted by atomic mass is 35.5. The Morgan fingerprint density at radius 2 is 2.33 bits per heavy atom. The highest BCUT2D eigenvalue weighted by Gasteiger charge is 2.27. The van der Waals surface area contributed by atoms with Gasteiger partial charge in [0.1, 0.15) is 0 Å². The van der Waals surface area contributed by atoms with Crippen molar-refractivity contribution >= 4 is 28.8 Å². The number of halogens is 1. The van der Waals surface area contributed by atoms with Gasteiger partial charge in [-0.1, -0.05) is 11.6 Å². The molecule has 5 heteroatoms. The molecule has 1 amide bonds. The molecule has 1 fully saturated rings. The Kier molecular flexibility index (Phi) is 3.29. The molecule has 2 atom stereocenters. The van der Waals surface area contributed by atoms with Crippen LogP contribution in [0.5, 0.6) is 0 Å². The average Bonchev–Trinajstić information content (AvgIpc) is 2.77. The van der Waals surface area contributed by atoms with E-state index >= 15 is 0 Å². The standard InChI is InChI=1S/C10H12ClNO2S/c11-9-5-4-8(15-9)10(14)12-6-2-1-3-7(6)13/h4-7,13H,1-3H2,(H,12,14)/t6-,7-/m0/s1. The predicted octanol–water partition coefficient (Wildman–Crippen LogP) is 2.04. The summed E-state index contributed by atoms with van der Waals surface area (Å²) in [6.07, 6.45) is 2.20. The molecule has 1 aliphatic rings. The van der Waals surface area contributed by atoms with Crippen molar-refractivity contribution in [2.45, 2.75) is 31.4 Å². The molecule has 1 heterocycles. The van der Waals surface area contributed by atoms with E-state index in [9.17, 15) is 9.90 Å². The van der Waals surface area contributed by atoms with Gasteiger partial charge < -0.3 is 10.4 Å². The maximum Gasteiger partial charge on any atom is 0.261 e. The van der Waals surface area contributed by atoms with E-state index in [-0.39, 0.29) is 11.9 Å². The molecule has 0 aromatic carbocycles. The van der Waals surface area contributed by atoms with Gasteiger partial charge in [-0.15, -0.1) is 11.3 Å². The second kappa shape index (κ2) is 4.51. The maximum atomic E-state index is 11.7. The summed E-state index contributed by atoms with van der Waals surface area (Å²) >= 11 is 6.99. The molecule has 1 aromatic heterocycles. The Morgan fingerprint density at radius 3 is 2.87 bits per heavy atom. The van der Waals surface area contributed by atoms with Crippen LogP contribution in [0.3, 0.4) is 0 Å². The van der Waals surface area contributed by atoms with Crippen molar-refractivity contribution in [1.29, 1.82) is 0 Å². The highest BCUT2D eigenvalue weighted by molar-refractivity contribution is 7.17. The summed E-state index contributed by atoms with van der Waals surface area (Å²) in [4.78, 5) is 12.3. The molecular weight excluding hydrogens is 234 g/mol. The van der Waals surface area contributed by atoms with Crippen molar-refractivity contribution in [3.05, 3.63) is 21.3 Å². The second-order valence-corrected chi connectivity index (χ2v) is 5.40. The Bertz CT molecular complexity index is 366. The van der Waals surface area contributed by atoms with Crippen molar-refractivity contribution in [2.75, 3.05) is 0 Å². The third kappa shape index (κ3) is 2.51. The van der Waals surface area contributed by atoms with Crippen LogP contribution in [0.1, 0.15) is 28.9 Å². The smallest absolute Gasteiger partial charge is 0.261 e. The predicted molar refractivity (Wildman–Crippen MR) is 60.4 cm³/mol. The molecular formula is C10H12ClNO2S. The topological polar surface area (TPSA) is 49.3 Å². The molecule has 3 nitrogen and oxygen atoms in total. The van der Waals surface area contributed by atoms with Gasteiger partial charge in [-0.25, -0.2) is 0 Å². The molecule has 15 heavy (non-hydrogen) atoms. The van der Waals surface area contributed by atoms with Gasteiger partial charge in [0, 0.05) is 0 Å². The van der Waals surface area contributed by atoms with E-state index in [0.29, 0.717) is 9.21 Å². The summed E-state index contributed by atoms with van der Waals surface area (Å²) in [6.45, 7) is 0. The normalized spacial score (nSPS) is 25.5. The van der Waals surface area contributed by atoms with Crippen molar-refractivity contribution in [1.82, 2.24) is 5.32 Å². The molecule has 2 N–H and O–H groups in total. The average molecular weight is 246 g/mol. The van der Waals surface area contributed by atoms with Crippen LogP contribution >= 0.6 is 22.9 Å². The minimum atomic E-state index is -0.399. The molecule has 1 aliphatic carbocycles. The molecule has 0 radical (unpaired) electrons. The van der Waals surface area contributed by atoms with Crippen LogP contribution in [0.4, 0.5) is 0 Å². The molecule has 1 aromatic rings. The van der Waals surface area contributed by atoms with Gasteiger partial charge >= 0.3 is 0 Å².